The minimum absolute atomic E-state index is 0.0754. The monoisotopic (exact) mass is 297 g/mol. The van der Waals surface area contributed by atoms with Crippen LogP contribution in [0.25, 0.3) is 0 Å². The molecule has 4 N–H and O–H groups in total. The SMILES string of the molecule is N/C(=N/O)c1cc(F)cc(CNCC2CCCCS2)c1. The molecule has 0 bridgehead atoms. The molecule has 0 spiro atoms. The third kappa shape index (κ3) is 4.38. The van der Waals surface area contributed by atoms with Gasteiger partial charge in [0, 0.05) is 23.9 Å². The summed E-state index contributed by atoms with van der Waals surface area (Å²) >= 11 is 2.00. The van der Waals surface area contributed by atoms with Gasteiger partial charge < -0.3 is 16.3 Å². The van der Waals surface area contributed by atoms with Gasteiger partial charge in [0.1, 0.15) is 5.82 Å². The molecule has 6 heteroatoms. The molecular weight excluding hydrogens is 277 g/mol. The first kappa shape index (κ1) is 15.1. The van der Waals surface area contributed by atoms with Crippen LogP contribution in [0.2, 0.25) is 0 Å². The van der Waals surface area contributed by atoms with E-state index in [2.05, 4.69) is 10.5 Å². The third-order valence-corrected chi connectivity index (χ3v) is 4.73. The molecule has 1 fully saturated rings. The summed E-state index contributed by atoms with van der Waals surface area (Å²) in [6.45, 7) is 1.51. The van der Waals surface area contributed by atoms with Crippen LogP contribution in [0.4, 0.5) is 4.39 Å². The summed E-state index contributed by atoms with van der Waals surface area (Å²) < 4.78 is 13.5. The molecule has 0 saturated carbocycles. The van der Waals surface area contributed by atoms with Gasteiger partial charge in [-0.05, 0) is 42.4 Å². The summed E-state index contributed by atoms with van der Waals surface area (Å²) in [5, 5.41) is 15.5. The number of halogens is 1. The number of rotatable bonds is 5. The molecule has 1 atom stereocenters. The lowest BCUT2D eigenvalue weighted by Crippen LogP contribution is -2.26. The number of thioether (sulfide) groups is 1. The van der Waals surface area contributed by atoms with E-state index in [1.807, 2.05) is 11.8 Å². The molecule has 1 unspecified atom stereocenters. The predicted octanol–water partition coefficient (Wildman–Crippen LogP) is 2.30. The average Bonchev–Trinajstić information content (AvgIpc) is 2.47. The zero-order valence-corrected chi connectivity index (χ0v) is 12.1. The number of amidine groups is 1. The zero-order valence-electron chi connectivity index (χ0n) is 11.3. The second-order valence-electron chi connectivity index (χ2n) is 4.95. The van der Waals surface area contributed by atoms with Gasteiger partial charge in [-0.3, -0.25) is 0 Å². The second kappa shape index (κ2) is 7.50. The molecule has 4 nitrogen and oxygen atoms in total. The molecule has 2 rings (SSSR count). The highest BCUT2D eigenvalue weighted by Crippen LogP contribution is 2.24. The number of oxime groups is 1. The molecule has 1 aromatic carbocycles. The van der Waals surface area contributed by atoms with Crippen molar-refractivity contribution in [2.24, 2.45) is 10.9 Å². The number of hydrogen-bond acceptors (Lipinski definition) is 4. The molecule has 1 heterocycles. The highest BCUT2D eigenvalue weighted by atomic mass is 32.2. The quantitative estimate of drug-likeness (QED) is 0.337. The predicted molar refractivity (Wildman–Crippen MR) is 80.7 cm³/mol. The van der Waals surface area contributed by atoms with E-state index in [4.69, 9.17) is 10.9 Å². The minimum Gasteiger partial charge on any atom is -0.409 e. The van der Waals surface area contributed by atoms with Crippen molar-refractivity contribution in [3.8, 4) is 0 Å². The average molecular weight is 297 g/mol. The van der Waals surface area contributed by atoms with Crippen molar-refractivity contribution in [2.75, 3.05) is 12.3 Å². The van der Waals surface area contributed by atoms with Gasteiger partial charge in [0.05, 0.1) is 0 Å². The molecule has 110 valence electrons. The maximum atomic E-state index is 13.5. The van der Waals surface area contributed by atoms with Crippen LogP contribution in [-0.2, 0) is 6.54 Å². The smallest absolute Gasteiger partial charge is 0.170 e. The lowest BCUT2D eigenvalue weighted by Gasteiger charge is -2.21. The van der Waals surface area contributed by atoms with Crippen molar-refractivity contribution in [1.82, 2.24) is 5.32 Å². The Morgan fingerprint density at radius 2 is 2.30 bits per heavy atom. The number of nitrogens with zero attached hydrogens (tertiary/aromatic N) is 1. The van der Waals surface area contributed by atoms with Gasteiger partial charge in [0.2, 0.25) is 0 Å². The van der Waals surface area contributed by atoms with Gasteiger partial charge in [0.25, 0.3) is 0 Å². The molecule has 0 radical (unpaired) electrons. The van der Waals surface area contributed by atoms with E-state index in [-0.39, 0.29) is 11.7 Å². The third-order valence-electron chi connectivity index (χ3n) is 3.34. The maximum Gasteiger partial charge on any atom is 0.170 e. The van der Waals surface area contributed by atoms with Crippen LogP contribution in [0.15, 0.2) is 23.4 Å². The van der Waals surface area contributed by atoms with Crippen molar-refractivity contribution in [2.45, 2.75) is 31.1 Å². The summed E-state index contributed by atoms with van der Waals surface area (Å²) in [5.74, 6) is 0.784. The molecule has 1 aliphatic rings. The van der Waals surface area contributed by atoms with Crippen LogP contribution >= 0.6 is 11.8 Å². The lowest BCUT2D eigenvalue weighted by molar-refractivity contribution is 0.318. The topological polar surface area (TPSA) is 70.6 Å². The Morgan fingerprint density at radius 3 is 3.00 bits per heavy atom. The van der Waals surface area contributed by atoms with Crippen LogP contribution in [-0.4, -0.2) is 28.6 Å². The van der Waals surface area contributed by atoms with Crippen LogP contribution in [0.3, 0.4) is 0 Å². The molecule has 0 aliphatic carbocycles. The number of hydrogen-bond donors (Lipinski definition) is 3. The summed E-state index contributed by atoms with van der Waals surface area (Å²) in [5.41, 5.74) is 6.69. The van der Waals surface area contributed by atoms with Crippen molar-refractivity contribution in [3.63, 3.8) is 0 Å². The summed E-state index contributed by atoms with van der Waals surface area (Å²) in [6, 6.07) is 4.46. The Hall–Kier alpha value is -1.27. The minimum atomic E-state index is -0.377. The molecule has 1 saturated heterocycles. The molecule has 0 amide bonds. The van der Waals surface area contributed by atoms with Crippen LogP contribution in [0, 0.1) is 5.82 Å². The normalized spacial score (nSPS) is 20.1. The number of nitrogens with two attached hydrogens (primary N) is 1. The van der Waals surface area contributed by atoms with E-state index in [0.29, 0.717) is 17.4 Å². The van der Waals surface area contributed by atoms with Crippen LogP contribution in [0.1, 0.15) is 30.4 Å². The van der Waals surface area contributed by atoms with Gasteiger partial charge in [-0.1, -0.05) is 11.6 Å². The van der Waals surface area contributed by atoms with Crippen molar-refractivity contribution < 1.29 is 9.60 Å². The van der Waals surface area contributed by atoms with Gasteiger partial charge in [-0.2, -0.15) is 11.8 Å². The van der Waals surface area contributed by atoms with Crippen LogP contribution in [0.5, 0.6) is 0 Å². The van der Waals surface area contributed by atoms with Gasteiger partial charge in [0.15, 0.2) is 5.84 Å². The van der Waals surface area contributed by atoms with Gasteiger partial charge in [-0.25, -0.2) is 4.39 Å². The van der Waals surface area contributed by atoms with E-state index in [1.54, 1.807) is 6.07 Å². The first-order chi connectivity index (χ1) is 9.69. The molecule has 20 heavy (non-hydrogen) atoms. The van der Waals surface area contributed by atoms with E-state index >= 15 is 0 Å². The van der Waals surface area contributed by atoms with Crippen molar-refractivity contribution in [1.29, 1.82) is 0 Å². The van der Waals surface area contributed by atoms with Crippen molar-refractivity contribution in [3.05, 3.63) is 35.1 Å². The molecular formula is C14H20FN3OS. The first-order valence-corrected chi connectivity index (χ1v) is 7.83. The van der Waals surface area contributed by atoms with E-state index in [9.17, 15) is 4.39 Å². The van der Waals surface area contributed by atoms with Gasteiger partial charge in [-0.15, -0.1) is 0 Å². The highest BCUT2D eigenvalue weighted by Gasteiger charge is 2.13. The number of benzene rings is 1. The van der Waals surface area contributed by atoms with E-state index in [1.165, 1.54) is 37.1 Å². The van der Waals surface area contributed by atoms with E-state index in [0.717, 1.165) is 12.1 Å². The van der Waals surface area contributed by atoms with Gasteiger partial charge >= 0.3 is 0 Å². The molecule has 1 aromatic rings. The lowest BCUT2D eigenvalue weighted by atomic mass is 10.1. The highest BCUT2D eigenvalue weighted by molar-refractivity contribution is 7.99. The summed E-state index contributed by atoms with van der Waals surface area (Å²) in [4.78, 5) is 0. The first-order valence-electron chi connectivity index (χ1n) is 6.78. The fraction of sp³-hybridized carbons (Fsp3) is 0.500. The Balaban J connectivity index is 1.90. The van der Waals surface area contributed by atoms with Crippen LogP contribution < -0.4 is 11.1 Å². The van der Waals surface area contributed by atoms with E-state index < -0.39 is 0 Å². The Labute approximate surface area is 122 Å². The number of nitrogens with one attached hydrogen (secondary N) is 1. The maximum absolute atomic E-state index is 13.5. The largest absolute Gasteiger partial charge is 0.409 e. The summed E-state index contributed by atoms with van der Waals surface area (Å²) in [7, 11) is 0. The Kier molecular flexibility index (Phi) is 5.67. The zero-order chi connectivity index (χ0) is 14.4. The standard InChI is InChI=1S/C14H20FN3OS/c15-12-6-10(5-11(7-12)14(16)18-19)8-17-9-13-3-1-2-4-20-13/h5-7,13,17,19H,1-4,8-9H2,(H2,16,18). The fourth-order valence-electron chi connectivity index (χ4n) is 2.30. The summed E-state index contributed by atoms with van der Waals surface area (Å²) in [6.07, 6.45) is 3.86. The second-order valence-corrected chi connectivity index (χ2v) is 6.36. The fourth-order valence-corrected chi connectivity index (χ4v) is 3.58. The molecule has 1 aliphatic heterocycles. The Bertz CT molecular complexity index is 475. The molecule has 0 aromatic heterocycles. The Morgan fingerprint density at radius 1 is 1.45 bits per heavy atom. The van der Waals surface area contributed by atoms with Crippen molar-refractivity contribution >= 4 is 17.6 Å².